The van der Waals surface area contributed by atoms with Crippen LogP contribution in [0.3, 0.4) is 0 Å². The summed E-state index contributed by atoms with van der Waals surface area (Å²) in [6.07, 6.45) is 1.25. The van der Waals surface area contributed by atoms with Crippen LogP contribution in [0.25, 0.3) is 0 Å². The Bertz CT molecular complexity index is 634. The number of thiazole rings is 1. The lowest BCUT2D eigenvalue weighted by atomic mass is 10.1. The van der Waals surface area contributed by atoms with Crippen LogP contribution >= 0.6 is 23.1 Å². The third-order valence-electron chi connectivity index (χ3n) is 3.32. The molecule has 0 atom stereocenters. The molecule has 0 aliphatic carbocycles. The lowest BCUT2D eigenvalue weighted by molar-refractivity contribution is -0.129. The zero-order valence-electron chi connectivity index (χ0n) is 12.3. The number of piperidine rings is 1. The summed E-state index contributed by atoms with van der Waals surface area (Å²) < 4.78 is 26.3. The van der Waals surface area contributed by atoms with Gasteiger partial charge in [-0.2, -0.15) is 0 Å². The van der Waals surface area contributed by atoms with Crippen LogP contribution in [-0.2, 0) is 14.8 Å². The van der Waals surface area contributed by atoms with Gasteiger partial charge in [0.25, 0.3) is 0 Å². The lowest BCUT2D eigenvalue weighted by Gasteiger charge is -2.31. The molecule has 1 aromatic rings. The second-order valence-corrected chi connectivity index (χ2v) is 8.77. The molecule has 0 radical (unpaired) electrons. The quantitative estimate of drug-likeness (QED) is 0.779. The van der Waals surface area contributed by atoms with E-state index in [0.717, 1.165) is 15.4 Å². The van der Waals surface area contributed by atoms with Gasteiger partial charge in [-0.1, -0.05) is 18.3 Å². The van der Waals surface area contributed by atoms with Crippen molar-refractivity contribution in [2.45, 2.75) is 30.1 Å². The fourth-order valence-corrected chi connectivity index (χ4v) is 4.69. The Morgan fingerprint density at radius 1 is 1.59 bits per heavy atom. The minimum Gasteiger partial charge on any atom is -0.342 e. The highest BCUT2D eigenvalue weighted by atomic mass is 32.2. The Morgan fingerprint density at radius 3 is 2.82 bits per heavy atom. The number of nitrogens with one attached hydrogen (secondary N) is 1. The van der Waals surface area contributed by atoms with Crippen molar-refractivity contribution in [3.8, 4) is 0 Å². The summed E-state index contributed by atoms with van der Waals surface area (Å²) in [6, 6.07) is -0.124. The van der Waals surface area contributed by atoms with Gasteiger partial charge < -0.3 is 4.90 Å². The number of rotatable bonds is 6. The van der Waals surface area contributed by atoms with Crippen LogP contribution < -0.4 is 4.72 Å². The SMILES string of the molecule is C=CS(=O)(=O)NC1CCN(C(=O)CSc2nc(C)cs2)CC1. The number of sulfonamides is 1. The Labute approximate surface area is 139 Å². The average molecular weight is 362 g/mol. The average Bonchev–Trinajstić information content (AvgIpc) is 2.91. The molecule has 1 N–H and O–H groups in total. The van der Waals surface area contributed by atoms with Crippen molar-refractivity contribution in [2.24, 2.45) is 0 Å². The fourth-order valence-electron chi connectivity index (χ4n) is 2.14. The Hall–Kier alpha value is -0.900. The van der Waals surface area contributed by atoms with Crippen LogP contribution in [0.2, 0.25) is 0 Å². The molecule has 0 unspecified atom stereocenters. The molecular formula is C13H19N3O3S3. The van der Waals surface area contributed by atoms with Crippen LogP contribution in [0.15, 0.2) is 21.7 Å². The molecular weight excluding hydrogens is 342 g/mol. The molecule has 1 saturated heterocycles. The first-order chi connectivity index (χ1) is 10.4. The van der Waals surface area contributed by atoms with E-state index in [9.17, 15) is 13.2 Å². The molecule has 1 aliphatic rings. The third-order valence-corrected chi connectivity index (χ3v) is 6.54. The maximum absolute atomic E-state index is 12.2. The van der Waals surface area contributed by atoms with Crippen molar-refractivity contribution < 1.29 is 13.2 Å². The van der Waals surface area contributed by atoms with Crippen molar-refractivity contribution in [1.29, 1.82) is 0 Å². The predicted octanol–water partition coefficient (Wildman–Crippen LogP) is 1.60. The maximum Gasteiger partial charge on any atom is 0.233 e. The first kappa shape index (κ1) is 17.5. The van der Waals surface area contributed by atoms with E-state index < -0.39 is 10.0 Å². The number of hydrogen-bond acceptors (Lipinski definition) is 6. The Morgan fingerprint density at radius 2 is 2.27 bits per heavy atom. The zero-order valence-corrected chi connectivity index (χ0v) is 14.8. The molecule has 9 heteroatoms. The van der Waals surface area contributed by atoms with E-state index in [-0.39, 0.29) is 11.9 Å². The molecule has 6 nitrogen and oxygen atoms in total. The molecule has 122 valence electrons. The van der Waals surface area contributed by atoms with E-state index in [1.165, 1.54) is 11.8 Å². The maximum atomic E-state index is 12.2. The monoisotopic (exact) mass is 361 g/mol. The Kier molecular flexibility index (Phi) is 6.01. The first-order valence-electron chi connectivity index (χ1n) is 6.87. The highest BCUT2D eigenvalue weighted by molar-refractivity contribution is 8.01. The summed E-state index contributed by atoms with van der Waals surface area (Å²) >= 11 is 2.99. The number of hydrogen-bond donors (Lipinski definition) is 1. The number of amides is 1. The highest BCUT2D eigenvalue weighted by Crippen LogP contribution is 2.23. The van der Waals surface area contributed by atoms with Gasteiger partial charge in [-0.3, -0.25) is 4.79 Å². The van der Waals surface area contributed by atoms with E-state index in [1.807, 2.05) is 12.3 Å². The molecule has 1 aliphatic heterocycles. The number of aromatic nitrogens is 1. The van der Waals surface area contributed by atoms with Gasteiger partial charge in [-0.15, -0.1) is 11.3 Å². The van der Waals surface area contributed by atoms with Gasteiger partial charge in [0.1, 0.15) is 0 Å². The summed E-state index contributed by atoms with van der Waals surface area (Å²) in [6.45, 7) is 6.34. The Balaban J connectivity index is 1.76. The van der Waals surface area contributed by atoms with Crippen molar-refractivity contribution in [3.63, 3.8) is 0 Å². The highest BCUT2D eigenvalue weighted by Gasteiger charge is 2.25. The molecule has 0 aromatic carbocycles. The van der Waals surface area contributed by atoms with Crippen molar-refractivity contribution in [2.75, 3.05) is 18.8 Å². The smallest absolute Gasteiger partial charge is 0.233 e. The molecule has 1 aromatic heterocycles. The van der Waals surface area contributed by atoms with Crippen LogP contribution in [0, 0.1) is 6.92 Å². The second-order valence-electron chi connectivity index (χ2n) is 5.03. The largest absolute Gasteiger partial charge is 0.342 e. The van der Waals surface area contributed by atoms with Gasteiger partial charge >= 0.3 is 0 Å². The van der Waals surface area contributed by atoms with E-state index in [2.05, 4.69) is 16.3 Å². The van der Waals surface area contributed by atoms with E-state index in [1.54, 1.807) is 16.2 Å². The van der Waals surface area contributed by atoms with Crippen molar-refractivity contribution >= 4 is 39.0 Å². The summed E-state index contributed by atoms with van der Waals surface area (Å²) in [4.78, 5) is 18.3. The van der Waals surface area contributed by atoms with Gasteiger partial charge in [0.2, 0.25) is 15.9 Å². The van der Waals surface area contributed by atoms with Crippen LogP contribution in [-0.4, -0.2) is 49.1 Å². The molecule has 1 amide bonds. The van der Waals surface area contributed by atoms with Gasteiger partial charge in [-0.25, -0.2) is 18.1 Å². The number of likely N-dealkylation sites (tertiary alicyclic amines) is 1. The minimum atomic E-state index is -3.40. The standard InChI is InChI=1S/C13H19N3O3S3/c1-3-22(18,19)15-11-4-6-16(7-5-11)12(17)9-21-13-14-10(2)8-20-13/h3,8,11,15H,1,4-7,9H2,2H3. The molecule has 1 fully saturated rings. The number of carbonyl (C=O) groups excluding carboxylic acids is 1. The number of aryl methyl sites for hydroxylation is 1. The molecule has 2 rings (SSSR count). The van der Waals surface area contributed by atoms with Crippen LogP contribution in [0.4, 0.5) is 0 Å². The van der Waals surface area contributed by atoms with Crippen LogP contribution in [0.1, 0.15) is 18.5 Å². The molecule has 0 spiro atoms. The van der Waals surface area contributed by atoms with E-state index >= 15 is 0 Å². The summed E-state index contributed by atoms with van der Waals surface area (Å²) in [7, 11) is -3.40. The molecule has 0 saturated carbocycles. The molecule has 0 bridgehead atoms. The second kappa shape index (κ2) is 7.58. The predicted molar refractivity (Wildman–Crippen MR) is 89.4 cm³/mol. The van der Waals surface area contributed by atoms with Gasteiger partial charge in [0.05, 0.1) is 5.75 Å². The first-order valence-corrected chi connectivity index (χ1v) is 10.3. The zero-order chi connectivity index (χ0) is 16.2. The van der Waals surface area contributed by atoms with Crippen molar-refractivity contribution in [3.05, 3.63) is 23.1 Å². The lowest BCUT2D eigenvalue weighted by Crippen LogP contribution is -2.46. The minimum absolute atomic E-state index is 0.0721. The normalized spacial score (nSPS) is 16.7. The topological polar surface area (TPSA) is 79.4 Å². The van der Waals surface area contributed by atoms with Crippen LogP contribution in [0.5, 0.6) is 0 Å². The van der Waals surface area contributed by atoms with Gasteiger partial charge in [0, 0.05) is 35.6 Å². The van der Waals surface area contributed by atoms with Gasteiger partial charge in [-0.05, 0) is 19.8 Å². The van der Waals surface area contributed by atoms with Crippen molar-refractivity contribution in [1.82, 2.24) is 14.6 Å². The van der Waals surface area contributed by atoms with Gasteiger partial charge in [0.15, 0.2) is 4.34 Å². The van der Waals surface area contributed by atoms with E-state index in [4.69, 9.17) is 0 Å². The van der Waals surface area contributed by atoms with E-state index in [0.29, 0.717) is 31.7 Å². The summed E-state index contributed by atoms with van der Waals surface area (Å²) in [5.41, 5.74) is 0.968. The molecule has 2 heterocycles. The number of thioether (sulfide) groups is 1. The summed E-state index contributed by atoms with van der Waals surface area (Å²) in [5, 5.41) is 2.88. The number of nitrogens with zero attached hydrogens (tertiary/aromatic N) is 2. The molecule has 22 heavy (non-hydrogen) atoms. The summed E-state index contributed by atoms with van der Waals surface area (Å²) in [5.74, 6) is 0.443. The number of carbonyl (C=O) groups is 1. The third kappa shape index (κ3) is 5.08. The fraction of sp³-hybridized carbons (Fsp3) is 0.538.